The van der Waals surface area contributed by atoms with Crippen molar-refractivity contribution in [3.63, 3.8) is 0 Å². The Labute approximate surface area is 113 Å². The summed E-state index contributed by atoms with van der Waals surface area (Å²) in [6.07, 6.45) is 0.728. The zero-order valence-corrected chi connectivity index (χ0v) is 10.9. The van der Waals surface area contributed by atoms with Crippen LogP contribution in [0.2, 0.25) is 0 Å². The van der Waals surface area contributed by atoms with E-state index >= 15 is 0 Å². The number of nitrogens with two attached hydrogens (primary N) is 2. The number of benzene rings is 1. The third-order valence-corrected chi connectivity index (χ3v) is 2.84. The van der Waals surface area contributed by atoms with E-state index in [9.17, 15) is 9.90 Å². The summed E-state index contributed by atoms with van der Waals surface area (Å²) in [7, 11) is 0. The van der Waals surface area contributed by atoms with Gasteiger partial charge >= 0.3 is 0 Å². The van der Waals surface area contributed by atoms with Crippen LogP contribution in [0.15, 0.2) is 18.2 Å². The highest BCUT2D eigenvalue weighted by atomic mass is 16.3. The van der Waals surface area contributed by atoms with Crippen molar-refractivity contribution in [2.45, 2.75) is 6.04 Å². The molecule has 0 fully saturated rings. The van der Waals surface area contributed by atoms with Gasteiger partial charge < -0.3 is 27.2 Å². The highest BCUT2D eigenvalue weighted by molar-refractivity contribution is 5.79. The summed E-state index contributed by atoms with van der Waals surface area (Å²) in [5.41, 5.74) is 12.1. The summed E-state index contributed by atoms with van der Waals surface area (Å²) in [5.74, 6) is 0.0856. The number of aldehydes is 1. The van der Waals surface area contributed by atoms with E-state index in [0.29, 0.717) is 30.8 Å². The molecule has 1 unspecified atom stereocenters. The highest BCUT2D eigenvalue weighted by Gasteiger charge is 2.16. The van der Waals surface area contributed by atoms with Crippen LogP contribution in [0.3, 0.4) is 0 Å². The van der Waals surface area contributed by atoms with Crippen LogP contribution in [0.1, 0.15) is 22.0 Å². The van der Waals surface area contributed by atoms with Crippen molar-refractivity contribution in [3.8, 4) is 5.75 Å². The van der Waals surface area contributed by atoms with E-state index in [4.69, 9.17) is 11.5 Å². The lowest BCUT2D eigenvalue weighted by molar-refractivity contribution is 0.112. The van der Waals surface area contributed by atoms with Crippen molar-refractivity contribution in [1.82, 2.24) is 10.6 Å². The Hall–Kier alpha value is -1.47. The van der Waals surface area contributed by atoms with Crippen LogP contribution in [0.4, 0.5) is 0 Å². The van der Waals surface area contributed by atoms with Crippen molar-refractivity contribution in [2.75, 3.05) is 32.7 Å². The van der Waals surface area contributed by atoms with E-state index in [2.05, 4.69) is 10.6 Å². The molecular weight excluding hydrogens is 244 g/mol. The lowest BCUT2D eigenvalue weighted by Crippen LogP contribution is -2.35. The molecule has 1 aromatic rings. The normalized spacial score (nSPS) is 12.3. The summed E-state index contributed by atoms with van der Waals surface area (Å²) >= 11 is 0. The fourth-order valence-electron chi connectivity index (χ4n) is 1.92. The van der Waals surface area contributed by atoms with E-state index in [1.807, 2.05) is 0 Å². The first kappa shape index (κ1) is 15.6. The molecule has 19 heavy (non-hydrogen) atoms. The van der Waals surface area contributed by atoms with Crippen LogP contribution in [0.5, 0.6) is 5.75 Å². The maximum Gasteiger partial charge on any atom is 0.150 e. The van der Waals surface area contributed by atoms with Crippen molar-refractivity contribution in [2.24, 2.45) is 11.5 Å². The Bertz CT molecular complexity index is 398. The maximum absolute atomic E-state index is 11.0. The highest BCUT2D eigenvalue weighted by Crippen LogP contribution is 2.26. The van der Waals surface area contributed by atoms with Gasteiger partial charge in [-0.1, -0.05) is 12.1 Å². The first-order chi connectivity index (χ1) is 9.24. The van der Waals surface area contributed by atoms with Crippen molar-refractivity contribution < 1.29 is 9.90 Å². The Balaban J connectivity index is 2.66. The minimum atomic E-state index is -0.249. The predicted octanol–water partition coefficient (Wildman–Crippen LogP) is -0.658. The Morgan fingerprint density at radius 1 is 1.26 bits per heavy atom. The minimum Gasteiger partial charge on any atom is -0.508 e. The molecule has 0 amide bonds. The minimum absolute atomic E-state index is 0.0856. The van der Waals surface area contributed by atoms with E-state index in [0.717, 1.165) is 19.4 Å². The molecule has 0 aliphatic heterocycles. The number of aromatic hydroxyl groups is 1. The lowest BCUT2D eigenvalue weighted by Gasteiger charge is -2.20. The van der Waals surface area contributed by atoms with Crippen molar-refractivity contribution >= 4 is 6.29 Å². The summed E-state index contributed by atoms with van der Waals surface area (Å²) in [6, 6.07) is 4.61. The average molecular weight is 266 g/mol. The molecule has 6 nitrogen and oxygen atoms in total. The van der Waals surface area contributed by atoms with Gasteiger partial charge in [0.1, 0.15) is 5.75 Å². The monoisotopic (exact) mass is 266 g/mol. The fourth-order valence-corrected chi connectivity index (χ4v) is 1.92. The maximum atomic E-state index is 11.0. The number of carbonyl (C=O) groups excluding carboxylic acids is 1. The molecular formula is C13H22N4O2. The van der Waals surface area contributed by atoms with Gasteiger partial charge in [-0.2, -0.15) is 0 Å². The van der Waals surface area contributed by atoms with Gasteiger partial charge in [-0.05, 0) is 6.07 Å². The predicted molar refractivity (Wildman–Crippen MR) is 75.2 cm³/mol. The first-order valence-electron chi connectivity index (χ1n) is 6.35. The molecule has 0 spiro atoms. The molecule has 0 radical (unpaired) electrons. The van der Waals surface area contributed by atoms with Crippen molar-refractivity contribution in [1.29, 1.82) is 0 Å². The largest absolute Gasteiger partial charge is 0.508 e. The summed E-state index contributed by atoms with van der Waals surface area (Å²) in [5, 5.41) is 16.2. The fraction of sp³-hybridized carbons (Fsp3) is 0.462. The molecule has 7 N–H and O–H groups in total. The van der Waals surface area contributed by atoms with Gasteiger partial charge in [-0.3, -0.25) is 4.79 Å². The van der Waals surface area contributed by atoms with Gasteiger partial charge in [0.25, 0.3) is 0 Å². The second-order valence-electron chi connectivity index (χ2n) is 4.18. The van der Waals surface area contributed by atoms with Gasteiger partial charge in [0.2, 0.25) is 0 Å². The van der Waals surface area contributed by atoms with Crippen LogP contribution < -0.4 is 22.1 Å². The van der Waals surface area contributed by atoms with E-state index in [1.54, 1.807) is 18.2 Å². The van der Waals surface area contributed by atoms with Gasteiger partial charge in [-0.25, -0.2) is 0 Å². The van der Waals surface area contributed by atoms with Gasteiger partial charge in [-0.15, -0.1) is 0 Å². The molecule has 1 atom stereocenters. The molecule has 0 aliphatic rings. The number of rotatable bonds is 9. The number of phenols is 1. The van der Waals surface area contributed by atoms with Crippen LogP contribution in [0, 0.1) is 0 Å². The summed E-state index contributed by atoms with van der Waals surface area (Å²) in [6.45, 7) is 3.07. The molecule has 0 aromatic heterocycles. The molecule has 0 heterocycles. The molecule has 6 heteroatoms. The van der Waals surface area contributed by atoms with E-state index in [1.165, 1.54) is 0 Å². The smallest absolute Gasteiger partial charge is 0.150 e. The average Bonchev–Trinajstić information content (AvgIpc) is 2.43. The lowest BCUT2D eigenvalue weighted by atomic mass is 9.99. The summed E-state index contributed by atoms with van der Waals surface area (Å²) < 4.78 is 0. The number of phenolic OH excluding ortho intramolecular Hbond substituents is 1. The van der Waals surface area contributed by atoms with Crippen LogP contribution in [-0.4, -0.2) is 44.1 Å². The SMILES string of the molecule is NCCNCCNC(CN)c1c(O)cccc1C=O. The first-order valence-corrected chi connectivity index (χ1v) is 6.35. The number of nitrogens with one attached hydrogen (secondary N) is 2. The number of carbonyl (C=O) groups is 1. The molecule has 1 rings (SSSR count). The van der Waals surface area contributed by atoms with Gasteiger partial charge in [0.05, 0.1) is 0 Å². The second kappa shape index (κ2) is 8.60. The number of hydrogen-bond donors (Lipinski definition) is 5. The van der Waals surface area contributed by atoms with E-state index in [-0.39, 0.29) is 11.8 Å². The topological polar surface area (TPSA) is 113 Å². The van der Waals surface area contributed by atoms with Crippen LogP contribution in [-0.2, 0) is 0 Å². The zero-order valence-electron chi connectivity index (χ0n) is 10.9. The van der Waals surface area contributed by atoms with Crippen LogP contribution in [0.25, 0.3) is 0 Å². The quantitative estimate of drug-likeness (QED) is 0.300. The molecule has 1 aromatic carbocycles. The number of hydrogen-bond acceptors (Lipinski definition) is 6. The Morgan fingerprint density at radius 2 is 2.05 bits per heavy atom. The summed E-state index contributed by atoms with van der Waals surface area (Å²) in [4.78, 5) is 11.0. The molecule has 0 saturated carbocycles. The van der Waals surface area contributed by atoms with Gasteiger partial charge in [0, 0.05) is 49.9 Å². The van der Waals surface area contributed by atoms with Crippen molar-refractivity contribution in [3.05, 3.63) is 29.3 Å². The molecule has 106 valence electrons. The third kappa shape index (κ3) is 4.60. The van der Waals surface area contributed by atoms with Crippen LogP contribution >= 0.6 is 0 Å². The zero-order chi connectivity index (χ0) is 14.1. The molecule has 0 aliphatic carbocycles. The molecule has 0 saturated heterocycles. The second-order valence-corrected chi connectivity index (χ2v) is 4.18. The standard InChI is InChI=1S/C13H22N4O2/c14-4-5-16-6-7-17-11(8-15)13-10(9-18)2-1-3-12(13)19/h1-3,9,11,16-17,19H,4-8,14-15H2. The van der Waals surface area contributed by atoms with Gasteiger partial charge in [0.15, 0.2) is 6.29 Å². The third-order valence-electron chi connectivity index (χ3n) is 2.84. The molecule has 0 bridgehead atoms. The Kier molecular flexibility index (Phi) is 7.06. The Morgan fingerprint density at radius 3 is 2.68 bits per heavy atom. The van der Waals surface area contributed by atoms with E-state index < -0.39 is 0 Å².